The predicted molar refractivity (Wildman–Crippen MR) is 138 cm³/mol. The third-order valence-electron chi connectivity index (χ3n) is 6.35. The molecule has 36 heavy (non-hydrogen) atoms. The Balaban J connectivity index is 1.75. The smallest absolute Gasteiger partial charge is 0.207 e. The van der Waals surface area contributed by atoms with Gasteiger partial charge in [-0.2, -0.15) is 0 Å². The van der Waals surface area contributed by atoms with Crippen LogP contribution in [0.1, 0.15) is 43.8 Å². The van der Waals surface area contributed by atoms with Gasteiger partial charge in [0.05, 0.1) is 11.4 Å². The third-order valence-corrected chi connectivity index (χ3v) is 6.35. The molecule has 3 heterocycles. The van der Waals surface area contributed by atoms with Crippen LogP contribution in [0.25, 0.3) is 11.5 Å². The van der Waals surface area contributed by atoms with Crippen LogP contribution in [0.4, 0.5) is 0 Å². The highest BCUT2D eigenvalue weighted by Gasteiger charge is 2.11. The standard InChI is InChI=1S/C28H29N7O/c1-3-5-13-27-29-21(4-2)19-34(27)18-20-14-15-23(25(17-20)26-12-8-9-16-35(26)36)22-10-6-7-11-24(22)28-30-32-33-31-28/h6-12,14-17,19,36H,3-5,13,18H2,1-2H3. The average molecular weight is 480 g/mol. The molecule has 0 aliphatic carbocycles. The Morgan fingerprint density at radius 1 is 0.889 bits per heavy atom. The van der Waals surface area contributed by atoms with E-state index in [0.717, 1.165) is 68.7 Å². The van der Waals surface area contributed by atoms with Gasteiger partial charge >= 0.3 is 0 Å². The molecular formula is C28H29N7O. The van der Waals surface area contributed by atoms with Gasteiger partial charge in [0, 0.05) is 35.8 Å². The van der Waals surface area contributed by atoms with Gasteiger partial charge in [-0.3, -0.25) is 5.21 Å². The Bertz CT molecular complexity index is 1600. The quantitative estimate of drug-likeness (QED) is 0.545. The number of nitrogens with zero attached hydrogens (tertiary/aromatic N) is 7. The summed E-state index contributed by atoms with van der Waals surface area (Å²) in [6, 6.07) is 14.3. The van der Waals surface area contributed by atoms with Crippen molar-refractivity contribution in [1.29, 1.82) is 0 Å². The van der Waals surface area contributed by atoms with Crippen molar-refractivity contribution in [2.24, 2.45) is 20.7 Å². The first-order chi connectivity index (χ1) is 17.7. The van der Waals surface area contributed by atoms with Crippen molar-refractivity contribution >= 4 is 11.5 Å². The Kier molecular flexibility index (Phi) is 6.95. The summed E-state index contributed by atoms with van der Waals surface area (Å²) in [6.07, 6.45) is 13.6. The van der Waals surface area contributed by atoms with Crippen molar-refractivity contribution < 1.29 is 5.21 Å². The zero-order chi connectivity index (χ0) is 24.9. The first-order valence-corrected chi connectivity index (χ1v) is 12.3. The van der Waals surface area contributed by atoms with Gasteiger partial charge in [0.1, 0.15) is 5.82 Å². The molecule has 2 aromatic carbocycles. The van der Waals surface area contributed by atoms with Gasteiger partial charge < -0.3 is 4.57 Å². The second-order valence-electron chi connectivity index (χ2n) is 8.79. The van der Waals surface area contributed by atoms with Crippen molar-refractivity contribution in [2.75, 3.05) is 0 Å². The molecule has 3 aromatic rings. The third kappa shape index (κ3) is 4.81. The summed E-state index contributed by atoms with van der Waals surface area (Å²) < 4.78 is 2.26. The minimum Gasteiger partial charge on any atom is -0.330 e. The Morgan fingerprint density at radius 3 is 2.42 bits per heavy atom. The van der Waals surface area contributed by atoms with Gasteiger partial charge in [0.25, 0.3) is 0 Å². The van der Waals surface area contributed by atoms with E-state index in [2.05, 4.69) is 63.5 Å². The number of benzene rings is 2. The number of aromatic nitrogens is 2. The van der Waals surface area contributed by atoms with E-state index in [1.54, 1.807) is 12.3 Å². The average Bonchev–Trinajstić information content (AvgIpc) is 3.58. The SMILES string of the molecule is CCCCc1nc(CC)cn1Cc1ccc(=c2ccccc2=C2N=NN=N2)c(=C2C=CC=CN2O)c1. The van der Waals surface area contributed by atoms with E-state index in [4.69, 9.17) is 4.98 Å². The maximum atomic E-state index is 10.7. The maximum Gasteiger partial charge on any atom is 0.207 e. The van der Waals surface area contributed by atoms with E-state index in [1.165, 1.54) is 0 Å². The highest BCUT2D eigenvalue weighted by molar-refractivity contribution is 5.58. The molecule has 1 aromatic heterocycles. The van der Waals surface area contributed by atoms with E-state index >= 15 is 0 Å². The van der Waals surface area contributed by atoms with Gasteiger partial charge in [-0.1, -0.05) is 62.7 Å². The van der Waals surface area contributed by atoms with Crippen LogP contribution in [0.2, 0.25) is 0 Å². The molecule has 0 bridgehead atoms. The second-order valence-corrected chi connectivity index (χ2v) is 8.79. The van der Waals surface area contributed by atoms with Crippen molar-refractivity contribution in [3.05, 3.63) is 111 Å². The fraction of sp³-hybridized carbons (Fsp3) is 0.250. The van der Waals surface area contributed by atoms with Crippen LogP contribution in [0.15, 0.2) is 93.8 Å². The van der Waals surface area contributed by atoms with E-state index in [1.807, 2.05) is 36.4 Å². The second kappa shape index (κ2) is 10.6. The minimum atomic E-state index is 0.469. The molecule has 182 valence electrons. The molecule has 0 saturated heterocycles. The molecule has 1 N–H and O–H groups in total. The van der Waals surface area contributed by atoms with E-state index in [0.29, 0.717) is 18.1 Å². The van der Waals surface area contributed by atoms with E-state index in [-0.39, 0.29) is 0 Å². The molecule has 0 spiro atoms. The fourth-order valence-electron chi connectivity index (χ4n) is 4.50. The number of hydroxylamine groups is 2. The summed E-state index contributed by atoms with van der Waals surface area (Å²) in [7, 11) is 0. The highest BCUT2D eigenvalue weighted by Crippen LogP contribution is 2.14. The Morgan fingerprint density at radius 2 is 1.67 bits per heavy atom. The van der Waals surface area contributed by atoms with Gasteiger partial charge in [-0.05, 0) is 57.5 Å². The Labute approximate surface area is 209 Å². The van der Waals surface area contributed by atoms with Crippen LogP contribution in [0, 0.1) is 10.4 Å². The summed E-state index contributed by atoms with van der Waals surface area (Å²) in [6.45, 7) is 5.05. The van der Waals surface area contributed by atoms with Crippen molar-refractivity contribution in [3.8, 4) is 0 Å². The number of imidazole rings is 1. The molecule has 8 heteroatoms. The van der Waals surface area contributed by atoms with Gasteiger partial charge in [-0.25, -0.2) is 10.0 Å². The molecule has 0 radical (unpaired) electrons. The molecule has 2 aliphatic heterocycles. The number of hydrogen-bond acceptors (Lipinski definition) is 7. The summed E-state index contributed by atoms with van der Waals surface area (Å²) >= 11 is 0. The van der Waals surface area contributed by atoms with Gasteiger partial charge in [-0.15, -0.1) is 10.2 Å². The molecule has 2 aliphatic rings. The number of unbranched alkanes of at least 4 members (excludes halogenated alkanes) is 1. The fourth-order valence-corrected chi connectivity index (χ4v) is 4.50. The monoisotopic (exact) mass is 479 g/mol. The number of rotatable bonds is 6. The molecule has 0 unspecified atom stereocenters. The lowest BCUT2D eigenvalue weighted by Gasteiger charge is -2.16. The lowest BCUT2D eigenvalue weighted by atomic mass is 10.1. The molecule has 0 fully saturated rings. The molecule has 5 rings (SSSR count). The van der Waals surface area contributed by atoms with E-state index in [9.17, 15) is 5.21 Å². The maximum absolute atomic E-state index is 10.7. The van der Waals surface area contributed by atoms with Crippen LogP contribution in [-0.2, 0) is 19.4 Å². The van der Waals surface area contributed by atoms with Crippen molar-refractivity contribution in [2.45, 2.75) is 46.1 Å². The summed E-state index contributed by atoms with van der Waals surface area (Å²) in [5, 5.41) is 31.0. The molecule has 0 amide bonds. The molecular weight excluding hydrogens is 450 g/mol. The van der Waals surface area contributed by atoms with Crippen LogP contribution >= 0.6 is 0 Å². The lowest BCUT2D eigenvalue weighted by Crippen LogP contribution is -2.22. The van der Waals surface area contributed by atoms with Crippen LogP contribution in [0.5, 0.6) is 0 Å². The zero-order valence-corrected chi connectivity index (χ0v) is 20.5. The largest absolute Gasteiger partial charge is 0.330 e. The van der Waals surface area contributed by atoms with Gasteiger partial charge in [0.2, 0.25) is 5.82 Å². The van der Waals surface area contributed by atoms with Gasteiger partial charge in [0.15, 0.2) is 0 Å². The molecule has 0 saturated carbocycles. The van der Waals surface area contributed by atoms with Crippen LogP contribution in [-0.4, -0.2) is 19.8 Å². The van der Waals surface area contributed by atoms with Crippen LogP contribution in [0.3, 0.4) is 0 Å². The number of hydrogen-bond donors (Lipinski definition) is 1. The molecule has 0 atom stereocenters. The lowest BCUT2D eigenvalue weighted by molar-refractivity contribution is 0.0241. The van der Waals surface area contributed by atoms with Crippen molar-refractivity contribution in [1.82, 2.24) is 14.6 Å². The summed E-state index contributed by atoms with van der Waals surface area (Å²) in [5.74, 6) is 1.59. The molecule has 8 nitrogen and oxygen atoms in total. The first-order valence-electron chi connectivity index (χ1n) is 12.3. The summed E-state index contributed by atoms with van der Waals surface area (Å²) in [4.78, 5) is 4.86. The predicted octanol–water partition coefficient (Wildman–Crippen LogP) is 4.90. The van der Waals surface area contributed by atoms with Crippen LogP contribution < -0.4 is 10.4 Å². The topological polar surface area (TPSA) is 90.7 Å². The number of allylic oxidation sites excluding steroid dienone is 2. The first kappa shape index (κ1) is 23.6. The summed E-state index contributed by atoms with van der Waals surface area (Å²) in [5.41, 5.74) is 2.93. The Hall–Kier alpha value is -4.17. The number of aryl methyl sites for hydroxylation is 2. The minimum absolute atomic E-state index is 0.469. The normalized spacial score (nSPS) is 17.0. The highest BCUT2D eigenvalue weighted by atomic mass is 16.5. The zero-order valence-electron chi connectivity index (χ0n) is 20.5. The van der Waals surface area contributed by atoms with E-state index < -0.39 is 0 Å². The van der Waals surface area contributed by atoms with Crippen molar-refractivity contribution in [3.63, 3.8) is 0 Å².